The first-order valence-electron chi connectivity index (χ1n) is 4.18. The van der Waals surface area contributed by atoms with E-state index in [2.05, 4.69) is 15.9 Å². The van der Waals surface area contributed by atoms with Crippen LogP contribution in [-0.4, -0.2) is 0 Å². The van der Waals surface area contributed by atoms with Crippen molar-refractivity contribution in [1.29, 1.82) is 0 Å². The molecule has 0 aliphatic carbocycles. The molecule has 2 heteroatoms. The van der Waals surface area contributed by atoms with Crippen molar-refractivity contribution >= 4 is 15.9 Å². The zero-order chi connectivity index (χ0) is 9.56. The number of benzene rings is 1. The SMILES string of the molecule is CC.CCc1ccc(F)c(Br)c1. The maximum absolute atomic E-state index is 12.6. The summed E-state index contributed by atoms with van der Waals surface area (Å²) in [6.07, 6.45) is 0.943. The summed E-state index contributed by atoms with van der Waals surface area (Å²) in [5, 5.41) is 0. The summed E-state index contributed by atoms with van der Waals surface area (Å²) < 4.78 is 13.1. The van der Waals surface area contributed by atoms with E-state index in [9.17, 15) is 4.39 Å². The highest BCUT2D eigenvalue weighted by atomic mass is 79.9. The van der Waals surface area contributed by atoms with Crippen LogP contribution in [0.15, 0.2) is 22.7 Å². The van der Waals surface area contributed by atoms with Gasteiger partial charge in [-0.1, -0.05) is 26.8 Å². The fourth-order valence-corrected chi connectivity index (χ4v) is 1.19. The minimum Gasteiger partial charge on any atom is -0.206 e. The van der Waals surface area contributed by atoms with Gasteiger partial charge in [-0.15, -0.1) is 0 Å². The monoisotopic (exact) mass is 232 g/mol. The van der Waals surface area contributed by atoms with Gasteiger partial charge < -0.3 is 0 Å². The van der Waals surface area contributed by atoms with E-state index >= 15 is 0 Å². The molecule has 0 radical (unpaired) electrons. The normalized spacial score (nSPS) is 8.75. The van der Waals surface area contributed by atoms with E-state index in [4.69, 9.17) is 0 Å². The Morgan fingerprint density at radius 1 is 1.33 bits per heavy atom. The lowest BCUT2D eigenvalue weighted by atomic mass is 10.2. The second-order valence-electron chi connectivity index (χ2n) is 2.10. The van der Waals surface area contributed by atoms with Crippen LogP contribution in [0.5, 0.6) is 0 Å². The molecule has 1 rings (SSSR count). The Morgan fingerprint density at radius 2 is 1.92 bits per heavy atom. The lowest BCUT2D eigenvalue weighted by molar-refractivity contribution is 0.620. The minimum atomic E-state index is -0.197. The number of halogens is 2. The van der Waals surface area contributed by atoms with Crippen LogP contribution in [0.2, 0.25) is 0 Å². The molecule has 1 aromatic carbocycles. The molecule has 68 valence electrons. The Labute approximate surface area is 81.9 Å². The van der Waals surface area contributed by atoms with Gasteiger partial charge in [-0.2, -0.15) is 0 Å². The third-order valence-electron chi connectivity index (χ3n) is 1.39. The first kappa shape index (κ1) is 11.6. The second kappa shape index (κ2) is 6.18. The van der Waals surface area contributed by atoms with Crippen LogP contribution < -0.4 is 0 Å². The average molecular weight is 233 g/mol. The van der Waals surface area contributed by atoms with Gasteiger partial charge in [0.25, 0.3) is 0 Å². The van der Waals surface area contributed by atoms with Crippen molar-refractivity contribution in [1.82, 2.24) is 0 Å². The molecule has 0 nitrogen and oxygen atoms in total. The molecule has 0 aromatic heterocycles. The summed E-state index contributed by atoms with van der Waals surface area (Å²) in [4.78, 5) is 0. The van der Waals surface area contributed by atoms with Crippen LogP contribution >= 0.6 is 15.9 Å². The van der Waals surface area contributed by atoms with E-state index in [-0.39, 0.29) is 5.82 Å². The zero-order valence-electron chi connectivity index (χ0n) is 7.70. The highest BCUT2D eigenvalue weighted by Crippen LogP contribution is 2.16. The molecule has 0 unspecified atom stereocenters. The molecule has 0 aliphatic rings. The van der Waals surface area contributed by atoms with E-state index in [0.717, 1.165) is 12.0 Å². The molecule has 0 aliphatic heterocycles. The number of hydrogen-bond acceptors (Lipinski definition) is 0. The maximum atomic E-state index is 12.6. The predicted molar refractivity (Wildman–Crippen MR) is 54.8 cm³/mol. The van der Waals surface area contributed by atoms with Crippen LogP contribution in [-0.2, 0) is 6.42 Å². The predicted octanol–water partition coefficient (Wildman–Crippen LogP) is 4.18. The van der Waals surface area contributed by atoms with Crippen molar-refractivity contribution in [2.24, 2.45) is 0 Å². The first-order chi connectivity index (χ1) is 5.74. The van der Waals surface area contributed by atoms with E-state index < -0.39 is 0 Å². The molecule has 12 heavy (non-hydrogen) atoms. The fraction of sp³-hybridized carbons (Fsp3) is 0.400. The standard InChI is InChI=1S/C8H8BrF.C2H6/c1-2-6-3-4-8(10)7(9)5-6;1-2/h3-5H,2H2,1H3;1-2H3. The van der Waals surface area contributed by atoms with Gasteiger partial charge in [0, 0.05) is 0 Å². The fourth-order valence-electron chi connectivity index (χ4n) is 0.760. The summed E-state index contributed by atoms with van der Waals surface area (Å²) in [5.41, 5.74) is 1.15. The molecule has 0 spiro atoms. The molecule has 0 fully saturated rings. The van der Waals surface area contributed by atoms with Crippen LogP contribution in [0.4, 0.5) is 4.39 Å². The Hall–Kier alpha value is -0.370. The topological polar surface area (TPSA) is 0 Å². The van der Waals surface area contributed by atoms with Crippen molar-refractivity contribution in [2.75, 3.05) is 0 Å². The smallest absolute Gasteiger partial charge is 0.137 e. The second-order valence-corrected chi connectivity index (χ2v) is 2.96. The van der Waals surface area contributed by atoms with Crippen LogP contribution in [0.1, 0.15) is 26.3 Å². The van der Waals surface area contributed by atoms with Gasteiger partial charge in [-0.25, -0.2) is 4.39 Å². The van der Waals surface area contributed by atoms with Crippen molar-refractivity contribution in [3.05, 3.63) is 34.1 Å². The summed E-state index contributed by atoms with van der Waals surface area (Å²) in [6.45, 7) is 6.04. The average Bonchev–Trinajstić information content (AvgIpc) is 2.13. The molecule has 0 heterocycles. The summed E-state index contributed by atoms with van der Waals surface area (Å²) in [5.74, 6) is -0.197. The molecule has 1 aromatic rings. The summed E-state index contributed by atoms with van der Waals surface area (Å²) in [7, 11) is 0. The molecule has 0 saturated heterocycles. The van der Waals surface area contributed by atoms with E-state index in [1.807, 2.05) is 20.8 Å². The maximum Gasteiger partial charge on any atom is 0.137 e. The van der Waals surface area contributed by atoms with Crippen molar-refractivity contribution in [2.45, 2.75) is 27.2 Å². The highest BCUT2D eigenvalue weighted by molar-refractivity contribution is 9.10. The van der Waals surface area contributed by atoms with E-state index in [0.29, 0.717) is 4.47 Å². The first-order valence-corrected chi connectivity index (χ1v) is 4.97. The molecular formula is C10H14BrF. The van der Waals surface area contributed by atoms with Crippen LogP contribution in [0.3, 0.4) is 0 Å². The molecular weight excluding hydrogens is 219 g/mol. The zero-order valence-corrected chi connectivity index (χ0v) is 9.28. The number of aryl methyl sites for hydroxylation is 1. The van der Waals surface area contributed by atoms with Crippen LogP contribution in [0, 0.1) is 5.82 Å². The third kappa shape index (κ3) is 3.35. The molecule has 0 bridgehead atoms. The molecule has 0 amide bonds. The van der Waals surface area contributed by atoms with Gasteiger partial charge in [0.05, 0.1) is 4.47 Å². The Kier molecular flexibility index (Phi) is 5.99. The van der Waals surface area contributed by atoms with E-state index in [1.165, 1.54) is 6.07 Å². The quantitative estimate of drug-likeness (QED) is 0.682. The Bertz CT molecular complexity index is 233. The van der Waals surface area contributed by atoms with Crippen molar-refractivity contribution in [3.8, 4) is 0 Å². The number of rotatable bonds is 1. The van der Waals surface area contributed by atoms with Crippen molar-refractivity contribution < 1.29 is 4.39 Å². The Morgan fingerprint density at radius 3 is 2.33 bits per heavy atom. The van der Waals surface area contributed by atoms with Gasteiger partial charge in [-0.05, 0) is 40.0 Å². The van der Waals surface area contributed by atoms with E-state index in [1.54, 1.807) is 12.1 Å². The van der Waals surface area contributed by atoms with Gasteiger partial charge in [0.2, 0.25) is 0 Å². The molecule has 0 atom stereocenters. The largest absolute Gasteiger partial charge is 0.206 e. The van der Waals surface area contributed by atoms with Gasteiger partial charge in [-0.3, -0.25) is 0 Å². The summed E-state index contributed by atoms with van der Waals surface area (Å²) in [6, 6.07) is 5.07. The lowest BCUT2D eigenvalue weighted by Gasteiger charge is -1.97. The van der Waals surface area contributed by atoms with Gasteiger partial charge in [0.15, 0.2) is 0 Å². The molecule has 0 N–H and O–H groups in total. The van der Waals surface area contributed by atoms with Crippen LogP contribution in [0.25, 0.3) is 0 Å². The molecule has 0 saturated carbocycles. The number of hydrogen-bond donors (Lipinski definition) is 0. The van der Waals surface area contributed by atoms with Gasteiger partial charge >= 0.3 is 0 Å². The summed E-state index contributed by atoms with van der Waals surface area (Å²) >= 11 is 3.11. The lowest BCUT2D eigenvalue weighted by Crippen LogP contribution is -1.81. The third-order valence-corrected chi connectivity index (χ3v) is 2.00. The highest BCUT2D eigenvalue weighted by Gasteiger charge is 1.97. The van der Waals surface area contributed by atoms with Crippen molar-refractivity contribution in [3.63, 3.8) is 0 Å². The Balaban J connectivity index is 0.000000561. The minimum absolute atomic E-state index is 0.197. The van der Waals surface area contributed by atoms with Gasteiger partial charge in [0.1, 0.15) is 5.82 Å².